The lowest BCUT2D eigenvalue weighted by Gasteiger charge is -2.33. The van der Waals surface area contributed by atoms with Gasteiger partial charge in [0, 0.05) is 29.8 Å². The van der Waals surface area contributed by atoms with Crippen LogP contribution < -0.4 is 9.47 Å². The molecule has 1 saturated heterocycles. The Kier molecular flexibility index (Phi) is 5.90. The van der Waals surface area contributed by atoms with Crippen molar-refractivity contribution in [3.8, 4) is 11.5 Å². The molecule has 1 aliphatic heterocycles. The summed E-state index contributed by atoms with van der Waals surface area (Å²) in [7, 11) is 3.20. The highest BCUT2D eigenvalue weighted by Gasteiger charge is 2.29. The van der Waals surface area contributed by atoms with Gasteiger partial charge in [-0.3, -0.25) is 4.79 Å². The number of carbonyl (C=O) groups excluding carboxylic acids is 1. The molecule has 1 unspecified atom stereocenters. The first-order chi connectivity index (χ1) is 12.6. The molecule has 1 amide bonds. The van der Waals surface area contributed by atoms with Crippen LogP contribution >= 0.6 is 11.3 Å². The molecule has 0 aliphatic carbocycles. The fourth-order valence-electron chi connectivity index (χ4n) is 2.79. The summed E-state index contributed by atoms with van der Waals surface area (Å²) in [6, 6.07) is 5.36. The Morgan fingerprint density at radius 2 is 2.04 bits per heavy atom. The number of ether oxygens (including phenoxy) is 3. The molecule has 6 nitrogen and oxygen atoms in total. The van der Waals surface area contributed by atoms with Crippen molar-refractivity contribution in [1.82, 2.24) is 9.88 Å². The van der Waals surface area contributed by atoms with Gasteiger partial charge in [0.05, 0.1) is 27.4 Å². The number of nitrogens with zero attached hydrogens (tertiary/aromatic N) is 2. The summed E-state index contributed by atoms with van der Waals surface area (Å²) in [5.41, 5.74) is 1.80. The van der Waals surface area contributed by atoms with Crippen LogP contribution in [-0.2, 0) is 9.53 Å². The van der Waals surface area contributed by atoms with Gasteiger partial charge in [-0.05, 0) is 30.7 Å². The second kappa shape index (κ2) is 8.33. The minimum Gasteiger partial charge on any atom is -0.497 e. The zero-order valence-electron chi connectivity index (χ0n) is 15.1. The number of benzene rings is 1. The molecule has 138 valence electrons. The molecule has 1 fully saturated rings. The molecule has 7 heteroatoms. The molecule has 1 aromatic heterocycles. The third-order valence-corrected chi connectivity index (χ3v) is 5.19. The van der Waals surface area contributed by atoms with Crippen LogP contribution in [0.15, 0.2) is 29.7 Å². The van der Waals surface area contributed by atoms with Gasteiger partial charge in [0.1, 0.15) is 22.5 Å². The lowest BCUT2D eigenvalue weighted by Crippen LogP contribution is -2.42. The van der Waals surface area contributed by atoms with E-state index in [-0.39, 0.29) is 11.9 Å². The first-order valence-corrected chi connectivity index (χ1v) is 9.20. The molecule has 0 spiro atoms. The number of hydrogen-bond donors (Lipinski definition) is 0. The first-order valence-electron chi connectivity index (χ1n) is 8.32. The molecule has 2 heterocycles. The summed E-state index contributed by atoms with van der Waals surface area (Å²) in [4.78, 5) is 19.1. The van der Waals surface area contributed by atoms with Gasteiger partial charge < -0.3 is 19.1 Å². The maximum Gasteiger partial charge on any atom is 0.247 e. The van der Waals surface area contributed by atoms with Crippen LogP contribution in [0.25, 0.3) is 6.08 Å². The topological polar surface area (TPSA) is 60.9 Å². The molecule has 0 N–H and O–H groups in total. The van der Waals surface area contributed by atoms with Crippen molar-refractivity contribution in [2.75, 3.05) is 34.0 Å². The summed E-state index contributed by atoms with van der Waals surface area (Å²) in [5.74, 6) is 1.30. The fraction of sp³-hybridized carbons (Fsp3) is 0.368. The number of rotatable bonds is 5. The van der Waals surface area contributed by atoms with E-state index in [2.05, 4.69) is 4.98 Å². The Hall–Kier alpha value is -2.38. The summed E-state index contributed by atoms with van der Waals surface area (Å²) >= 11 is 1.56. The van der Waals surface area contributed by atoms with Crippen molar-refractivity contribution in [2.24, 2.45) is 0 Å². The maximum atomic E-state index is 12.8. The molecule has 3 rings (SSSR count). The zero-order chi connectivity index (χ0) is 18.5. The fourth-order valence-corrected chi connectivity index (χ4v) is 3.68. The van der Waals surface area contributed by atoms with Crippen LogP contribution in [0.3, 0.4) is 0 Å². The number of aromatic nitrogens is 1. The van der Waals surface area contributed by atoms with Crippen molar-refractivity contribution in [3.05, 3.63) is 45.9 Å². The van der Waals surface area contributed by atoms with E-state index in [0.717, 1.165) is 16.3 Å². The largest absolute Gasteiger partial charge is 0.497 e. The molecule has 1 atom stereocenters. The Balaban J connectivity index is 1.78. The monoisotopic (exact) mass is 374 g/mol. The Labute approximate surface area is 157 Å². The normalized spacial score (nSPS) is 17.5. The summed E-state index contributed by atoms with van der Waals surface area (Å²) in [6.07, 6.45) is 3.35. The Morgan fingerprint density at radius 1 is 1.31 bits per heavy atom. The number of carbonyl (C=O) groups is 1. The van der Waals surface area contributed by atoms with E-state index in [1.807, 2.05) is 29.3 Å². The highest BCUT2D eigenvalue weighted by Crippen LogP contribution is 2.28. The van der Waals surface area contributed by atoms with E-state index in [4.69, 9.17) is 14.2 Å². The molecule has 0 bridgehead atoms. The number of methoxy groups -OCH3 is 2. The van der Waals surface area contributed by atoms with E-state index in [0.29, 0.717) is 31.3 Å². The first kappa shape index (κ1) is 18.4. The van der Waals surface area contributed by atoms with Gasteiger partial charge in [0.2, 0.25) is 5.91 Å². The number of thiazole rings is 1. The zero-order valence-corrected chi connectivity index (χ0v) is 15.9. The molecule has 1 aliphatic rings. The number of amides is 1. The predicted molar refractivity (Wildman–Crippen MR) is 101 cm³/mol. The van der Waals surface area contributed by atoms with Gasteiger partial charge in [0.15, 0.2) is 0 Å². The van der Waals surface area contributed by atoms with E-state index in [1.54, 1.807) is 43.8 Å². The number of aryl methyl sites for hydroxylation is 1. The van der Waals surface area contributed by atoms with Crippen molar-refractivity contribution in [1.29, 1.82) is 0 Å². The van der Waals surface area contributed by atoms with E-state index in [1.165, 1.54) is 0 Å². The third-order valence-electron chi connectivity index (χ3n) is 4.13. The minimum absolute atomic E-state index is 0.0621. The van der Waals surface area contributed by atoms with Gasteiger partial charge in [0.25, 0.3) is 0 Å². The van der Waals surface area contributed by atoms with Crippen molar-refractivity contribution >= 4 is 23.3 Å². The molecule has 26 heavy (non-hydrogen) atoms. The van der Waals surface area contributed by atoms with Gasteiger partial charge in [-0.15, -0.1) is 11.3 Å². The average Bonchev–Trinajstić information content (AvgIpc) is 3.12. The Morgan fingerprint density at radius 3 is 2.65 bits per heavy atom. The Bertz CT molecular complexity index is 780. The summed E-state index contributed by atoms with van der Waals surface area (Å²) in [6.45, 7) is 3.51. The molecular weight excluding hydrogens is 352 g/mol. The average molecular weight is 374 g/mol. The number of hydrogen-bond acceptors (Lipinski definition) is 6. The lowest BCUT2D eigenvalue weighted by atomic mass is 10.1. The second-order valence-electron chi connectivity index (χ2n) is 5.93. The van der Waals surface area contributed by atoms with E-state index >= 15 is 0 Å². The maximum absolute atomic E-state index is 12.8. The molecule has 0 saturated carbocycles. The van der Waals surface area contributed by atoms with Crippen LogP contribution in [0, 0.1) is 6.92 Å². The van der Waals surface area contributed by atoms with Crippen LogP contribution in [0.1, 0.15) is 22.3 Å². The van der Waals surface area contributed by atoms with E-state index < -0.39 is 0 Å². The van der Waals surface area contributed by atoms with Crippen LogP contribution in [0.2, 0.25) is 0 Å². The van der Waals surface area contributed by atoms with Gasteiger partial charge >= 0.3 is 0 Å². The van der Waals surface area contributed by atoms with Crippen molar-refractivity contribution in [2.45, 2.75) is 13.0 Å². The minimum atomic E-state index is -0.139. The van der Waals surface area contributed by atoms with Crippen molar-refractivity contribution < 1.29 is 19.0 Å². The van der Waals surface area contributed by atoms with Crippen LogP contribution in [-0.4, -0.2) is 49.8 Å². The van der Waals surface area contributed by atoms with Crippen LogP contribution in [0.5, 0.6) is 11.5 Å². The molecular formula is C19H22N2O4S. The van der Waals surface area contributed by atoms with Gasteiger partial charge in [-0.25, -0.2) is 4.98 Å². The van der Waals surface area contributed by atoms with Crippen LogP contribution in [0.4, 0.5) is 0 Å². The molecule has 0 radical (unpaired) electrons. The third kappa shape index (κ3) is 4.23. The van der Waals surface area contributed by atoms with Crippen molar-refractivity contribution in [3.63, 3.8) is 0 Å². The molecule has 2 aromatic rings. The summed E-state index contributed by atoms with van der Waals surface area (Å²) < 4.78 is 16.1. The second-order valence-corrected chi connectivity index (χ2v) is 6.82. The smallest absolute Gasteiger partial charge is 0.247 e. The standard InChI is InChI=1S/C19H22N2O4S/c1-13-12-26-19(20-13)17-11-25-7-6-21(17)18(22)5-4-14-8-15(23-2)10-16(9-14)24-3/h4-5,8-10,12,17H,6-7,11H2,1-3H3/b5-4+. The predicted octanol–water partition coefficient (Wildman–Crippen LogP) is 3.08. The highest BCUT2D eigenvalue weighted by atomic mass is 32.1. The molecule has 1 aromatic carbocycles. The SMILES string of the molecule is COc1cc(/C=C/C(=O)N2CCOCC2c2nc(C)cs2)cc(OC)c1. The quantitative estimate of drug-likeness (QED) is 0.753. The lowest BCUT2D eigenvalue weighted by molar-refractivity contribution is -0.134. The highest BCUT2D eigenvalue weighted by molar-refractivity contribution is 7.09. The summed E-state index contributed by atoms with van der Waals surface area (Å²) in [5, 5.41) is 2.90. The van der Waals surface area contributed by atoms with Gasteiger partial charge in [-0.2, -0.15) is 0 Å². The number of morpholine rings is 1. The van der Waals surface area contributed by atoms with E-state index in [9.17, 15) is 4.79 Å². The van der Waals surface area contributed by atoms with Gasteiger partial charge in [-0.1, -0.05) is 0 Å².